The average Bonchev–Trinajstić information content (AvgIpc) is 3.80. The molecule has 11 rings (SSSR count). The molecule has 0 N–H and O–H groups in total. The highest BCUT2D eigenvalue weighted by Gasteiger charge is 2.53. The maximum Gasteiger partial charge on any atom is 0.0727 e. The molecule has 0 aliphatic heterocycles. The van der Waals surface area contributed by atoms with Crippen LogP contribution >= 0.6 is 0 Å². The summed E-state index contributed by atoms with van der Waals surface area (Å²) >= 11 is 0. The zero-order valence-electron chi connectivity index (χ0n) is 41.9. The van der Waals surface area contributed by atoms with Crippen molar-refractivity contribution >= 4 is 34.1 Å². The summed E-state index contributed by atoms with van der Waals surface area (Å²) in [5.41, 5.74) is 26.9. The van der Waals surface area contributed by atoms with E-state index in [9.17, 15) is 0 Å². The van der Waals surface area contributed by atoms with Gasteiger partial charge in [0.25, 0.3) is 0 Å². The van der Waals surface area contributed by atoms with Crippen LogP contribution in [0.25, 0.3) is 33.4 Å². The summed E-state index contributed by atoms with van der Waals surface area (Å²) in [5, 5.41) is 0. The molecule has 0 saturated carbocycles. The van der Waals surface area contributed by atoms with Crippen LogP contribution in [0.4, 0.5) is 34.1 Å². The fourth-order valence-electron chi connectivity index (χ4n) is 11.5. The number of hydrogen-bond donors (Lipinski definition) is 0. The van der Waals surface area contributed by atoms with E-state index in [0.717, 1.165) is 28.4 Å². The largest absolute Gasteiger partial charge is 0.310 e. The minimum absolute atomic E-state index is 0.0227. The number of hydrogen-bond acceptors (Lipinski definition) is 2. The van der Waals surface area contributed by atoms with E-state index in [1.54, 1.807) is 0 Å². The second-order valence-electron chi connectivity index (χ2n) is 21.6. The van der Waals surface area contributed by atoms with E-state index in [1.165, 1.54) is 94.7 Å². The van der Waals surface area contributed by atoms with E-state index in [1.807, 2.05) is 0 Å². The zero-order chi connectivity index (χ0) is 48.0. The van der Waals surface area contributed by atoms with Crippen LogP contribution in [0, 0.1) is 27.7 Å². The van der Waals surface area contributed by atoms with Gasteiger partial charge in [-0.2, -0.15) is 0 Å². The predicted octanol–water partition coefficient (Wildman–Crippen LogP) is 18.5. The minimum atomic E-state index is -0.609. The number of fused-ring (bicyclic) bond motifs is 10. The van der Waals surface area contributed by atoms with Gasteiger partial charge in [0.1, 0.15) is 0 Å². The van der Waals surface area contributed by atoms with Crippen LogP contribution < -0.4 is 9.80 Å². The van der Waals surface area contributed by atoms with Gasteiger partial charge in [0.15, 0.2) is 0 Å². The SMILES string of the molecule is Cc1ccc(N(c2ccc(C(C)(C)C)cc2)c2ccc3c(c2)C2(c4ccccc4-c4ccccc42)c2cc(N(c4ccc(C)cc4)c4ccc(C(C)(C)C)cc4)c(-c4ccccc4C)c(C)c2-3)cc1. The smallest absolute Gasteiger partial charge is 0.0727 e. The third-order valence-corrected chi connectivity index (χ3v) is 15.1. The highest BCUT2D eigenvalue weighted by Crippen LogP contribution is 2.66. The van der Waals surface area contributed by atoms with Crippen molar-refractivity contribution in [1.29, 1.82) is 0 Å². The molecule has 0 amide bonds. The molecule has 2 aliphatic carbocycles. The topological polar surface area (TPSA) is 6.48 Å². The Morgan fingerprint density at radius 3 is 1.23 bits per heavy atom. The molecule has 0 heterocycles. The number of benzene rings is 9. The molecule has 0 fully saturated rings. The molecule has 0 aromatic heterocycles. The monoisotopic (exact) mass is 894 g/mol. The van der Waals surface area contributed by atoms with Crippen LogP contribution in [0.1, 0.15) is 97.2 Å². The Kier molecular flexibility index (Phi) is 10.5. The lowest BCUT2D eigenvalue weighted by Crippen LogP contribution is -2.27. The van der Waals surface area contributed by atoms with Gasteiger partial charge in [-0.25, -0.2) is 0 Å². The van der Waals surface area contributed by atoms with Crippen LogP contribution in [0.3, 0.4) is 0 Å². The second-order valence-corrected chi connectivity index (χ2v) is 21.6. The molecule has 2 aliphatic rings. The predicted molar refractivity (Wildman–Crippen MR) is 294 cm³/mol. The van der Waals surface area contributed by atoms with Crippen molar-refractivity contribution in [3.05, 3.63) is 250 Å². The lowest BCUT2D eigenvalue weighted by atomic mass is 9.70. The van der Waals surface area contributed by atoms with Gasteiger partial charge in [-0.15, -0.1) is 0 Å². The molecule has 0 bridgehead atoms. The molecule has 0 radical (unpaired) electrons. The standard InChI is InChI=1S/C67H62N2/c1-43-23-31-49(32-24-43)68(50-35-27-47(28-36-50)65(5,6)7)53-39-40-57-60(41-53)67(58-21-15-13-19-55(58)56-20-14-16-22-59(56)67)61-42-62(64(46(4)63(57)61)54-18-12-11-17-45(54)3)69(51-33-25-44(2)26-34-51)52-37-29-48(30-38-52)66(8,9)10/h11-42H,1-10H3. The number of anilines is 6. The van der Waals surface area contributed by atoms with E-state index in [0.29, 0.717) is 0 Å². The summed E-state index contributed by atoms with van der Waals surface area (Å²) in [6, 6.07) is 73.8. The lowest BCUT2D eigenvalue weighted by Gasteiger charge is -2.35. The lowest BCUT2D eigenvalue weighted by molar-refractivity contribution is 0.590. The first-order valence-electron chi connectivity index (χ1n) is 24.7. The fraction of sp³-hybridized carbons (Fsp3) is 0.194. The van der Waals surface area contributed by atoms with E-state index in [4.69, 9.17) is 0 Å². The second kappa shape index (κ2) is 16.4. The molecule has 0 saturated heterocycles. The van der Waals surface area contributed by atoms with Crippen LogP contribution in [0.15, 0.2) is 194 Å². The van der Waals surface area contributed by atoms with Gasteiger partial charge < -0.3 is 9.80 Å². The zero-order valence-corrected chi connectivity index (χ0v) is 41.9. The first-order chi connectivity index (χ1) is 33.1. The molecule has 69 heavy (non-hydrogen) atoms. The highest BCUT2D eigenvalue weighted by molar-refractivity contribution is 6.03. The van der Waals surface area contributed by atoms with Crippen LogP contribution in [-0.2, 0) is 16.2 Å². The summed E-state index contributed by atoms with van der Waals surface area (Å²) in [6.07, 6.45) is 0. The summed E-state index contributed by atoms with van der Waals surface area (Å²) < 4.78 is 0. The van der Waals surface area contributed by atoms with Crippen LogP contribution in [-0.4, -0.2) is 0 Å². The third kappa shape index (κ3) is 7.14. The molecule has 0 atom stereocenters. The van der Waals surface area contributed by atoms with Crippen molar-refractivity contribution in [2.75, 3.05) is 9.80 Å². The molecule has 2 heteroatoms. The number of rotatable bonds is 7. The molecule has 340 valence electrons. The van der Waals surface area contributed by atoms with E-state index >= 15 is 0 Å². The number of aryl methyl sites for hydroxylation is 3. The Balaban J connectivity index is 1.25. The molecular weight excluding hydrogens is 833 g/mol. The third-order valence-electron chi connectivity index (χ3n) is 15.1. The Bertz CT molecular complexity index is 3370. The molecule has 1 spiro atoms. The summed E-state index contributed by atoms with van der Waals surface area (Å²) in [7, 11) is 0. The molecule has 0 unspecified atom stereocenters. The van der Waals surface area contributed by atoms with Crippen molar-refractivity contribution < 1.29 is 0 Å². The molecule has 2 nitrogen and oxygen atoms in total. The van der Waals surface area contributed by atoms with Gasteiger partial charge in [-0.1, -0.05) is 180 Å². The van der Waals surface area contributed by atoms with E-state index < -0.39 is 5.41 Å². The van der Waals surface area contributed by atoms with E-state index in [-0.39, 0.29) is 10.8 Å². The average molecular weight is 895 g/mol. The molecule has 9 aromatic rings. The van der Waals surface area contributed by atoms with E-state index in [2.05, 4.69) is 273 Å². The Morgan fingerprint density at radius 2 is 0.754 bits per heavy atom. The van der Waals surface area contributed by atoms with Gasteiger partial charge in [0.2, 0.25) is 0 Å². The quantitative estimate of drug-likeness (QED) is 0.157. The Labute approximate surface area is 410 Å². The maximum atomic E-state index is 2.59. The van der Waals surface area contributed by atoms with Crippen LogP contribution in [0.5, 0.6) is 0 Å². The Morgan fingerprint density at radius 1 is 0.333 bits per heavy atom. The molecule has 9 aromatic carbocycles. The van der Waals surface area contributed by atoms with Crippen molar-refractivity contribution in [2.45, 2.75) is 85.5 Å². The summed E-state index contributed by atoms with van der Waals surface area (Å²) in [6.45, 7) is 22.7. The van der Waals surface area contributed by atoms with Crippen LogP contribution in [0.2, 0.25) is 0 Å². The van der Waals surface area contributed by atoms with Crippen molar-refractivity contribution in [3.8, 4) is 33.4 Å². The van der Waals surface area contributed by atoms with Gasteiger partial charge in [-0.05, 0) is 178 Å². The first-order valence-corrected chi connectivity index (χ1v) is 24.7. The minimum Gasteiger partial charge on any atom is -0.310 e. The molecular formula is C67H62N2. The van der Waals surface area contributed by atoms with Crippen molar-refractivity contribution in [1.82, 2.24) is 0 Å². The fourth-order valence-corrected chi connectivity index (χ4v) is 11.5. The maximum absolute atomic E-state index is 2.59. The first kappa shape index (κ1) is 44.1. The van der Waals surface area contributed by atoms with Gasteiger partial charge in [0.05, 0.1) is 11.1 Å². The number of nitrogens with zero attached hydrogens (tertiary/aromatic N) is 2. The van der Waals surface area contributed by atoms with Gasteiger partial charge >= 0.3 is 0 Å². The summed E-state index contributed by atoms with van der Waals surface area (Å²) in [5.74, 6) is 0. The van der Waals surface area contributed by atoms with Crippen molar-refractivity contribution in [3.63, 3.8) is 0 Å². The Hall–Kier alpha value is -7.42. The van der Waals surface area contributed by atoms with Gasteiger partial charge in [-0.3, -0.25) is 0 Å². The normalized spacial score (nSPS) is 13.2. The van der Waals surface area contributed by atoms with Gasteiger partial charge in [0, 0.05) is 34.0 Å². The van der Waals surface area contributed by atoms with Crippen molar-refractivity contribution in [2.24, 2.45) is 0 Å². The summed E-state index contributed by atoms with van der Waals surface area (Å²) in [4.78, 5) is 4.98. The highest BCUT2D eigenvalue weighted by atomic mass is 15.2.